The molecule has 4 aromatic rings. The van der Waals surface area contributed by atoms with Crippen LogP contribution in [0.5, 0.6) is 0 Å². The average molecular weight is 638 g/mol. The van der Waals surface area contributed by atoms with Crippen LogP contribution in [0.3, 0.4) is 0 Å². The van der Waals surface area contributed by atoms with Gasteiger partial charge in [-0.05, 0) is 15.4 Å². The number of aliphatic hydroxyl groups is 1. The van der Waals surface area contributed by atoms with Crippen molar-refractivity contribution < 1.29 is 32.2 Å². The molecule has 13 heteroatoms. The second-order valence-corrected chi connectivity index (χ2v) is 16.1. The van der Waals surface area contributed by atoms with Crippen molar-refractivity contribution in [1.82, 2.24) is 19.9 Å². The van der Waals surface area contributed by atoms with Crippen LogP contribution in [0.2, 0.25) is 5.04 Å². The number of rotatable bonds is 7. The second-order valence-electron chi connectivity index (χ2n) is 11.8. The van der Waals surface area contributed by atoms with Crippen molar-refractivity contribution in [2.75, 3.05) is 18.9 Å². The molecule has 3 unspecified atom stereocenters. The number of benzene rings is 2. The van der Waals surface area contributed by atoms with Crippen molar-refractivity contribution in [3.05, 3.63) is 78.8 Å². The van der Waals surface area contributed by atoms with Gasteiger partial charge in [-0.25, -0.2) is 9.97 Å². The number of fused-ring (bicyclic) bond motifs is 1. The van der Waals surface area contributed by atoms with E-state index in [4.69, 9.17) is 14.9 Å². The Kier molecular flexibility index (Phi) is 9.04. The molecule has 0 saturated carbocycles. The molecule has 2 aromatic carbocycles. The van der Waals surface area contributed by atoms with Crippen LogP contribution in [0, 0.1) is 11.8 Å². The molecule has 9 nitrogen and oxygen atoms in total. The number of nitrogens with two attached hydrogens (primary N) is 1. The van der Waals surface area contributed by atoms with Gasteiger partial charge in [0.1, 0.15) is 30.1 Å². The summed E-state index contributed by atoms with van der Waals surface area (Å²) in [5, 5.41) is 15.2. The Hall–Kier alpha value is -4.22. The summed E-state index contributed by atoms with van der Waals surface area (Å²) in [6.45, 7) is 6.11. The largest absolute Gasteiger partial charge is 0.471 e. The van der Waals surface area contributed by atoms with Crippen molar-refractivity contribution in [2.24, 2.45) is 0 Å². The van der Waals surface area contributed by atoms with E-state index in [0.29, 0.717) is 16.6 Å². The number of aromatic nitrogens is 3. The van der Waals surface area contributed by atoms with Gasteiger partial charge in [-0.1, -0.05) is 93.3 Å². The number of carbonyl (C=O) groups excluding carboxylic acids is 1. The zero-order valence-electron chi connectivity index (χ0n) is 25.0. The van der Waals surface area contributed by atoms with Crippen LogP contribution in [-0.4, -0.2) is 65.4 Å². The number of anilines is 1. The quantitative estimate of drug-likeness (QED) is 0.210. The van der Waals surface area contributed by atoms with Crippen LogP contribution in [0.15, 0.2) is 73.2 Å². The standard InChI is InChI=1S/C32H34F3N5O4Si/c1-31(2,3)45(22-12-6-4-7-13-22,23-14-8-5-9-15-23)43-19-25-24(41)17-26(44-25)40-18-21(27-28(36)38-20-39-29(27)40)11-10-16-37-30(42)32(33,34)35/h4-9,12-15,18,20,24-26,41H,16-17,19H2,1-3H3,(H,37,42)(H2,36,38,39). The highest BCUT2D eigenvalue weighted by Gasteiger charge is 2.51. The van der Waals surface area contributed by atoms with Crippen molar-refractivity contribution >= 4 is 41.4 Å². The molecule has 1 fully saturated rings. The van der Waals surface area contributed by atoms with Gasteiger partial charge in [0.05, 0.1) is 30.2 Å². The lowest BCUT2D eigenvalue weighted by Crippen LogP contribution is -2.67. The highest BCUT2D eigenvalue weighted by atomic mass is 28.4. The van der Waals surface area contributed by atoms with Crippen LogP contribution >= 0.6 is 0 Å². The number of nitrogens with zero attached hydrogens (tertiary/aromatic N) is 3. The number of carbonyl (C=O) groups is 1. The Balaban J connectivity index is 1.41. The number of alkyl halides is 3. The number of aliphatic hydroxyl groups excluding tert-OH is 1. The van der Waals surface area contributed by atoms with Gasteiger partial charge in [0.25, 0.3) is 8.32 Å². The maximum atomic E-state index is 12.5. The van der Waals surface area contributed by atoms with Crippen LogP contribution in [0.4, 0.5) is 19.0 Å². The van der Waals surface area contributed by atoms with Crippen LogP contribution in [0.25, 0.3) is 11.0 Å². The van der Waals surface area contributed by atoms with Gasteiger partial charge in [0.15, 0.2) is 0 Å². The summed E-state index contributed by atoms with van der Waals surface area (Å²) < 4.78 is 52.6. The Bertz CT molecular complexity index is 1680. The summed E-state index contributed by atoms with van der Waals surface area (Å²) in [5.41, 5.74) is 6.85. The highest BCUT2D eigenvalue weighted by molar-refractivity contribution is 6.99. The number of ether oxygens (including phenoxy) is 1. The van der Waals surface area contributed by atoms with E-state index in [1.165, 1.54) is 6.33 Å². The fraction of sp³-hybridized carbons (Fsp3) is 0.344. The van der Waals surface area contributed by atoms with Crippen molar-refractivity contribution in [3.63, 3.8) is 0 Å². The molecule has 3 atom stereocenters. The van der Waals surface area contributed by atoms with E-state index in [1.807, 2.05) is 36.4 Å². The molecular weight excluding hydrogens is 603 g/mol. The summed E-state index contributed by atoms with van der Waals surface area (Å²) in [5.74, 6) is 3.30. The van der Waals surface area contributed by atoms with E-state index in [1.54, 1.807) is 16.1 Å². The van der Waals surface area contributed by atoms with Gasteiger partial charge in [-0.2, -0.15) is 13.2 Å². The smallest absolute Gasteiger partial charge is 0.405 e. The van der Waals surface area contributed by atoms with Crippen molar-refractivity contribution in [1.29, 1.82) is 0 Å². The lowest BCUT2D eigenvalue weighted by atomic mass is 10.2. The number of halogens is 3. The zero-order valence-corrected chi connectivity index (χ0v) is 26.0. The predicted molar refractivity (Wildman–Crippen MR) is 166 cm³/mol. The predicted octanol–water partition coefficient (Wildman–Crippen LogP) is 3.27. The summed E-state index contributed by atoms with van der Waals surface area (Å²) in [6.07, 6.45) is -4.09. The normalized spacial score (nSPS) is 18.9. The molecule has 1 amide bonds. The Labute approximate surface area is 259 Å². The zero-order chi connectivity index (χ0) is 32.4. The lowest BCUT2D eigenvalue weighted by Gasteiger charge is -2.43. The molecule has 5 rings (SSSR count). The molecule has 1 saturated heterocycles. The molecule has 1 aliphatic rings. The Morgan fingerprint density at radius 3 is 2.31 bits per heavy atom. The summed E-state index contributed by atoms with van der Waals surface area (Å²) >= 11 is 0. The minimum absolute atomic E-state index is 0.118. The fourth-order valence-corrected chi connectivity index (χ4v) is 10.4. The molecule has 0 spiro atoms. The number of hydrogen-bond donors (Lipinski definition) is 3. The summed E-state index contributed by atoms with van der Waals surface area (Å²) in [4.78, 5) is 19.5. The molecule has 0 radical (unpaired) electrons. The van der Waals surface area contributed by atoms with Crippen LogP contribution in [0.1, 0.15) is 39.0 Å². The molecule has 4 N–H and O–H groups in total. The Morgan fingerprint density at radius 1 is 1.11 bits per heavy atom. The minimum atomic E-state index is -5.01. The third-order valence-electron chi connectivity index (χ3n) is 7.85. The molecule has 3 heterocycles. The monoisotopic (exact) mass is 637 g/mol. The molecule has 2 aromatic heterocycles. The van der Waals surface area contributed by atoms with Gasteiger partial charge in [-0.15, -0.1) is 0 Å². The third-order valence-corrected chi connectivity index (χ3v) is 12.9. The number of amides is 1. The Morgan fingerprint density at radius 2 is 1.73 bits per heavy atom. The maximum absolute atomic E-state index is 12.5. The first-order valence-corrected chi connectivity index (χ1v) is 16.3. The van der Waals surface area contributed by atoms with E-state index in [2.05, 4.69) is 66.8 Å². The van der Waals surface area contributed by atoms with Crippen molar-refractivity contribution in [3.8, 4) is 11.8 Å². The van der Waals surface area contributed by atoms with Crippen LogP contribution in [-0.2, 0) is 14.0 Å². The molecular formula is C32H34F3N5O4Si. The number of nitrogen functional groups attached to an aromatic ring is 1. The summed E-state index contributed by atoms with van der Waals surface area (Å²) in [7, 11) is -2.89. The van der Waals surface area contributed by atoms with E-state index < -0.39 is 45.4 Å². The first-order valence-electron chi connectivity index (χ1n) is 14.4. The molecule has 0 bridgehead atoms. The van der Waals surface area contributed by atoms with E-state index in [0.717, 1.165) is 10.4 Å². The van der Waals surface area contributed by atoms with E-state index in [-0.39, 0.29) is 23.9 Å². The topological polar surface area (TPSA) is 125 Å². The average Bonchev–Trinajstić information content (AvgIpc) is 3.56. The van der Waals surface area contributed by atoms with Gasteiger partial charge in [0, 0.05) is 12.6 Å². The number of nitrogens with one attached hydrogen (secondary N) is 1. The first-order chi connectivity index (χ1) is 21.3. The van der Waals surface area contributed by atoms with Gasteiger partial charge in [0.2, 0.25) is 0 Å². The van der Waals surface area contributed by atoms with E-state index >= 15 is 0 Å². The minimum Gasteiger partial charge on any atom is -0.405 e. The van der Waals surface area contributed by atoms with Gasteiger partial charge >= 0.3 is 12.1 Å². The van der Waals surface area contributed by atoms with Gasteiger partial charge in [-0.3, -0.25) is 4.79 Å². The highest BCUT2D eigenvalue weighted by Crippen LogP contribution is 2.39. The molecule has 0 aliphatic carbocycles. The fourth-order valence-electron chi connectivity index (χ4n) is 5.79. The van der Waals surface area contributed by atoms with Gasteiger partial charge < -0.3 is 29.9 Å². The molecule has 1 aliphatic heterocycles. The maximum Gasteiger partial charge on any atom is 0.471 e. The second kappa shape index (κ2) is 12.6. The molecule has 45 heavy (non-hydrogen) atoms. The lowest BCUT2D eigenvalue weighted by molar-refractivity contribution is -0.173. The third kappa shape index (κ3) is 6.45. The SMILES string of the molecule is CC(C)(C)[Si](OCC1OC(n2cc(C#CCNC(=O)C(F)(F)F)c3c(N)ncnc32)CC1O)(c1ccccc1)c1ccccc1. The van der Waals surface area contributed by atoms with Crippen molar-refractivity contribution in [2.45, 2.75) is 56.8 Å². The van der Waals surface area contributed by atoms with Crippen LogP contribution < -0.4 is 21.4 Å². The summed E-state index contributed by atoms with van der Waals surface area (Å²) in [6, 6.07) is 20.3. The number of hydrogen-bond acceptors (Lipinski definition) is 7. The van der Waals surface area contributed by atoms with E-state index in [9.17, 15) is 23.1 Å². The first kappa shape index (κ1) is 32.2. The molecule has 236 valence electrons.